The number of rotatable bonds is 3. The van der Waals surface area contributed by atoms with Crippen molar-refractivity contribution >= 4 is 16.8 Å². The molecule has 3 aromatic rings. The Bertz CT molecular complexity index is 1160. The van der Waals surface area contributed by atoms with Crippen molar-refractivity contribution in [3.63, 3.8) is 0 Å². The highest BCUT2D eigenvalue weighted by molar-refractivity contribution is 5.86. The van der Waals surface area contributed by atoms with Crippen LogP contribution in [-0.4, -0.2) is 46.6 Å². The monoisotopic (exact) mass is 410 g/mol. The van der Waals surface area contributed by atoms with Gasteiger partial charge < -0.3 is 19.7 Å². The fraction of sp³-hybridized carbons (Fsp3) is 0.409. The summed E-state index contributed by atoms with van der Waals surface area (Å²) in [5.74, 6) is 0.520. The molecule has 4 atom stereocenters. The van der Waals surface area contributed by atoms with Crippen molar-refractivity contribution in [1.82, 2.24) is 15.5 Å². The Balaban J connectivity index is 1.46. The van der Waals surface area contributed by atoms with Crippen LogP contribution in [0.2, 0.25) is 0 Å². The molecule has 0 aliphatic carbocycles. The third-order valence-corrected chi connectivity index (χ3v) is 6.40. The van der Waals surface area contributed by atoms with Crippen LogP contribution in [0.3, 0.4) is 0 Å². The summed E-state index contributed by atoms with van der Waals surface area (Å²) in [6, 6.07) is 6.48. The van der Waals surface area contributed by atoms with Gasteiger partial charge in [-0.15, -0.1) is 10.2 Å². The molecular formula is C22H23FN4O3. The Kier molecular flexibility index (Phi) is 4.47. The summed E-state index contributed by atoms with van der Waals surface area (Å²) in [6.45, 7) is 1.67. The van der Waals surface area contributed by atoms with Crippen LogP contribution in [0.5, 0.6) is 5.75 Å². The molecule has 0 saturated carbocycles. The molecule has 1 aromatic carbocycles. The van der Waals surface area contributed by atoms with E-state index in [-0.39, 0.29) is 23.3 Å². The molecule has 2 aliphatic rings. The molecule has 5 rings (SSSR count). The molecule has 30 heavy (non-hydrogen) atoms. The maximum Gasteiger partial charge on any atom is 0.195 e. The second-order valence-corrected chi connectivity index (χ2v) is 8.30. The topological polar surface area (TPSA) is 91.5 Å². The van der Waals surface area contributed by atoms with Gasteiger partial charge in [0, 0.05) is 36.3 Å². The van der Waals surface area contributed by atoms with E-state index in [4.69, 9.17) is 4.42 Å². The number of benzene rings is 1. The van der Waals surface area contributed by atoms with Gasteiger partial charge in [0.1, 0.15) is 17.5 Å². The highest BCUT2D eigenvalue weighted by Gasteiger charge is 2.43. The van der Waals surface area contributed by atoms with Crippen molar-refractivity contribution in [2.75, 3.05) is 11.9 Å². The van der Waals surface area contributed by atoms with Gasteiger partial charge in [0.15, 0.2) is 11.2 Å². The van der Waals surface area contributed by atoms with Gasteiger partial charge in [0.2, 0.25) is 0 Å². The molecule has 0 amide bonds. The van der Waals surface area contributed by atoms with Gasteiger partial charge in [-0.3, -0.25) is 4.79 Å². The van der Waals surface area contributed by atoms with Gasteiger partial charge in [-0.2, -0.15) is 0 Å². The number of piperidine rings is 1. The molecule has 0 radical (unpaired) electrons. The van der Waals surface area contributed by atoms with E-state index >= 15 is 0 Å². The number of hydrogen-bond acceptors (Lipinski definition) is 7. The number of aromatic nitrogens is 2. The number of halogens is 1. The van der Waals surface area contributed by atoms with Gasteiger partial charge >= 0.3 is 0 Å². The molecule has 7 nitrogen and oxygen atoms in total. The molecule has 2 unspecified atom stereocenters. The molecule has 2 fully saturated rings. The second kappa shape index (κ2) is 7.05. The molecule has 2 bridgehead atoms. The zero-order chi connectivity index (χ0) is 21.0. The Labute approximate surface area is 172 Å². The standard InChI is InChI=1S/C22H23FN4O3/c1-11-10-30-19-9-18(28)13(8-14(19)22(11)29)15-5-6-20(26-25-15)27(2)17-7-12-3-4-16(24-12)21(17)23/h5-6,8-10,12,16-17,21,24,28H,3-4,7H2,1-2H3/t12?,16?,17-,21+/m0/s1. The fourth-order valence-corrected chi connectivity index (χ4v) is 4.64. The highest BCUT2D eigenvalue weighted by atomic mass is 19.1. The molecule has 2 N–H and O–H groups in total. The second-order valence-electron chi connectivity index (χ2n) is 8.30. The Morgan fingerprint density at radius 3 is 2.87 bits per heavy atom. The van der Waals surface area contributed by atoms with Crippen molar-refractivity contribution in [3.8, 4) is 17.0 Å². The van der Waals surface area contributed by atoms with Crippen LogP contribution >= 0.6 is 0 Å². The third-order valence-electron chi connectivity index (χ3n) is 6.40. The summed E-state index contributed by atoms with van der Waals surface area (Å²) in [5, 5.41) is 22.6. The van der Waals surface area contributed by atoms with Crippen LogP contribution in [0, 0.1) is 6.92 Å². The van der Waals surface area contributed by atoms with Crippen LogP contribution < -0.4 is 15.6 Å². The zero-order valence-electron chi connectivity index (χ0n) is 16.8. The lowest BCUT2D eigenvalue weighted by Gasteiger charge is -2.38. The largest absolute Gasteiger partial charge is 0.507 e. The number of anilines is 1. The lowest BCUT2D eigenvalue weighted by Crippen LogP contribution is -2.55. The van der Waals surface area contributed by atoms with Crippen molar-refractivity contribution < 1.29 is 13.9 Å². The van der Waals surface area contributed by atoms with Crippen LogP contribution in [0.4, 0.5) is 10.2 Å². The highest BCUT2D eigenvalue weighted by Crippen LogP contribution is 2.34. The predicted octanol–water partition coefficient (Wildman–Crippen LogP) is 2.93. The van der Waals surface area contributed by atoms with Crippen molar-refractivity contribution in [2.45, 2.75) is 50.5 Å². The number of phenolic OH excluding ortho intramolecular Hbond substituents is 1. The van der Waals surface area contributed by atoms with Crippen molar-refractivity contribution in [3.05, 3.63) is 46.3 Å². The lowest BCUT2D eigenvalue weighted by atomic mass is 9.96. The maximum atomic E-state index is 14.9. The summed E-state index contributed by atoms with van der Waals surface area (Å²) in [5.41, 5.74) is 1.46. The van der Waals surface area contributed by atoms with Crippen LogP contribution in [-0.2, 0) is 0 Å². The normalized spacial score (nSPS) is 25.6. The molecule has 0 spiro atoms. The first-order valence-electron chi connectivity index (χ1n) is 10.1. The summed E-state index contributed by atoms with van der Waals surface area (Å²) >= 11 is 0. The Morgan fingerprint density at radius 1 is 1.27 bits per heavy atom. The molecule has 156 valence electrons. The first-order chi connectivity index (χ1) is 14.4. The van der Waals surface area contributed by atoms with E-state index in [1.165, 1.54) is 12.3 Å². The summed E-state index contributed by atoms with van der Waals surface area (Å²) in [7, 11) is 1.84. The Morgan fingerprint density at radius 2 is 2.10 bits per heavy atom. The number of hydrogen-bond donors (Lipinski definition) is 2. The fourth-order valence-electron chi connectivity index (χ4n) is 4.64. The van der Waals surface area contributed by atoms with E-state index < -0.39 is 6.17 Å². The van der Waals surface area contributed by atoms with Crippen LogP contribution in [0.25, 0.3) is 22.2 Å². The molecule has 8 heteroatoms. The van der Waals surface area contributed by atoms with E-state index in [2.05, 4.69) is 15.5 Å². The number of aryl methyl sites for hydroxylation is 1. The number of aromatic hydroxyl groups is 1. The quantitative estimate of drug-likeness (QED) is 0.686. The number of nitrogens with zero attached hydrogens (tertiary/aromatic N) is 3. The van der Waals surface area contributed by atoms with E-state index in [0.717, 1.165) is 19.3 Å². The van der Waals surface area contributed by atoms with Crippen LogP contribution in [0.15, 0.2) is 39.7 Å². The van der Waals surface area contributed by atoms with Gasteiger partial charge in [-0.1, -0.05) is 0 Å². The summed E-state index contributed by atoms with van der Waals surface area (Å²) < 4.78 is 20.3. The van der Waals surface area contributed by atoms with E-state index in [9.17, 15) is 14.3 Å². The molecule has 2 aromatic heterocycles. The minimum absolute atomic E-state index is 0.0522. The lowest BCUT2D eigenvalue weighted by molar-refractivity contribution is 0.176. The molecule has 2 saturated heterocycles. The van der Waals surface area contributed by atoms with E-state index in [0.29, 0.717) is 39.6 Å². The van der Waals surface area contributed by atoms with Gasteiger partial charge in [-0.05, 0) is 44.4 Å². The van der Waals surface area contributed by atoms with Gasteiger partial charge in [0.25, 0.3) is 0 Å². The average molecular weight is 410 g/mol. The maximum absolute atomic E-state index is 14.9. The smallest absolute Gasteiger partial charge is 0.195 e. The number of alkyl halides is 1. The summed E-state index contributed by atoms with van der Waals surface area (Å²) in [4.78, 5) is 14.3. The van der Waals surface area contributed by atoms with Gasteiger partial charge in [-0.25, -0.2) is 4.39 Å². The average Bonchev–Trinajstić information content (AvgIpc) is 3.16. The third kappa shape index (κ3) is 3.02. The van der Waals surface area contributed by atoms with E-state index in [1.807, 2.05) is 11.9 Å². The van der Waals surface area contributed by atoms with E-state index in [1.54, 1.807) is 25.1 Å². The number of fused-ring (bicyclic) bond motifs is 3. The molecule has 2 aliphatic heterocycles. The minimum atomic E-state index is -0.956. The zero-order valence-corrected chi connectivity index (χ0v) is 16.8. The van der Waals surface area contributed by atoms with Crippen molar-refractivity contribution in [2.24, 2.45) is 0 Å². The van der Waals surface area contributed by atoms with Crippen molar-refractivity contribution in [1.29, 1.82) is 0 Å². The first-order valence-corrected chi connectivity index (χ1v) is 10.1. The SMILES string of the molecule is Cc1coc2cc(O)c(-c3ccc(N(C)[C@H]4CC5CCC(N5)[C@H]4F)nn3)cc2c1=O. The molecule has 4 heterocycles. The minimum Gasteiger partial charge on any atom is -0.507 e. The van der Waals surface area contributed by atoms with Gasteiger partial charge in [0.05, 0.1) is 23.4 Å². The number of phenols is 1. The molecular weight excluding hydrogens is 387 g/mol. The summed E-state index contributed by atoms with van der Waals surface area (Å²) in [6.07, 6.45) is 3.03. The first kappa shape index (κ1) is 19.0. The Hall–Kier alpha value is -3.00. The van der Waals surface area contributed by atoms with Crippen LogP contribution in [0.1, 0.15) is 24.8 Å². The number of nitrogens with one attached hydrogen (secondary N) is 1. The predicted molar refractivity (Wildman–Crippen MR) is 112 cm³/mol.